The summed E-state index contributed by atoms with van der Waals surface area (Å²) in [4.78, 5) is 11.5. The van der Waals surface area contributed by atoms with Gasteiger partial charge in [-0.3, -0.25) is 0 Å². The molecular weight excluding hydrogens is 248 g/mol. The molecule has 1 rings (SSSR count). The molecule has 0 unspecified atom stereocenters. The third kappa shape index (κ3) is 3.91. The maximum atomic E-state index is 11.5. The number of rotatable bonds is 6. The first-order valence-corrected chi connectivity index (χ1v) is 5.87. The van der Waals surface area contributed by atoms with Crippen molar-refractivity contribution in [2.45, 2.75) is 13.3 Å². The van der Waals surface area contributed by atoms with E-state index in [1.807, 2.05) is 0 Å². The van der Waals surface area contributed by atoms with Crippen molar-refractivity contribution in [3.05, 3.63) is 35.6 Å². The van der Waals surface area contributed by atoms with Crippen LogP contribution in [0.25, 0.3) is 0 Å². The number of carbonyl (C=O) groups excluding carboxylic acids is 1. The monoisotopic (exact) mass is 266 g/mol. The van der Waals surface area contributed by atoms with Gasteiger partial charge in [0.15, 0.2) is 11.5 Å². The van der Waals surface area contributed by atoms with Crippen LogP contribution in [0.5, 0.6) is 11.5 Å². The van der Waals surface area contributed by atoms with Gasteiger partial charge in [0.25, 0.3) is 0 Å². The summed E-state index contributed by atoms with van der Waals surface area (Å²) in [6, 6.07) is 5.29. The molecule has 0 spiro atoms. The highest BCUT2D eigenvalue weighted by molar-refractivity contribution is 5.88. The van der Waals surface area contributed by atoms with Crippen molar-refractivity contribution in [1.82, 2.24) is 0 Å². The van der Waals surface area contributed by atoms with Crippen LogP contribution in [0.15, 0.2) is 30.0 Å². The zero-order valence-electron chi connectivity index (χ0n) is 11.3. The Kier molecular flexibility index (Phi) is 5.73. The summed E-state index contributed by atoms with van der Waals surface area (Å²) in [7, 11) is 3.09. The highest BCUT2D eigenvalue weighted by Gasteiger charge is 2.13. The Morgan fingerprint density at radius 2 is 1.95 bits per heavy atom. The second-order valence-electron chi connectivity index (χ2n) is 3.74. The molecule has 1 aromatic carbocycles. The smallest absolute Gasteiger partial charge is 0.337 e. The molecular formula is C14H18O5. The predicted octanol–water partition coefficient (Wildman–Crippen LogP) is 2.25. The Morgan fingerprint density at radius 1 is 1.26 bits per heavy atom. The molecule has 0 atom stereocenters. The van der Waals surface area contributed by atoms with Gasteiger partial charge in [-0.1, -0.05) is 6.07 Å². The summed E-state index contributed by atoms with van der Waals surface area (Å²) in [5, 5.41) is 9.09. The van der Waals surface area contributed by atoms with E-state index < -0.39 is 5.97 Å². The minimum atomic E-state index is -0.528. The molecule has 0 saturated carbocycles. The van der Waals surface area contributed by atoms with Crippen LogP contribution in [-0.2, 0) is 16.0 Å². The predicted molar refractivity (Wildman–Crippen MR) is 70.6 cm³/mol. The fourth-order valence-electron chi connectivity index (χ4n) is 1.60. The van der Waals surface area contributed by atoms with E-state index in [1.165, 1.54) is 7.11 Å². The molecule has 0 heterocycles. The van der Waals surface area contributed by atoms with Crippen molar-refractivity contribution < 1.29 is 24.1 Å². The van der Waals surface area contributed by atoms with E-state index in [1.54, 1.807) is 32.2 Å². The largest absolute Gasteiger partial charge is 0.515 e. The zero-order valence-corrected chi connectivity index (χ0v) is 11.3. The zero-order chi connectivity index (χ0) is 14.3. The molecule has 1 aromatic rings. The van der Waals surface area contributed by atoms with Crippen LogP contribution in [-0.4, -0.2) is 31.9 Å². The maximum absolute atomic E-state index is 11.5. The summed E-state index contributed by atoms with van der Waals surface area (Å²) in [5.41, 5.74) is 1.00. The third-order valence-electron chi connectivity index (χ3n) is 2.54. The van der Waals surface area contributed by atoms with E-state index in [-0.39, 0.29) is 18.6 Å². The molecule has 104 valence electrons. The van der Waals surface area contributed by atoms with Crippen molar-refractivity contribution in [1.29, 1.82) is 0 Å². The van der Waals surface area contributed by atoms with Crippen LogP contribution < -0.4 is 9.47 Å². The molecule has 5 nitrogen and oxygen atoms in total. The number of ether oxygens (including phenoxy) is 3. The molecule has 0 aliphatic rings. The highest BCUT2D eigenvalue weighted by atomic mass is 16.5. The molecule has 0 bridgehead atoms. The van der Waals surface area contributed by atoms with Gasteiger partial charge >= 0.3 is 5.97 Å². The molecule has 0 aromatic heterocycles. The Hall–Kier alpha value is -2.17. The number of aliphatic hydroxyl groups is 1. The van der Waals surface area contributed by atoms with Crippen LogP contribution in [0.1, 0.15) is 12.5 Å². The Balaban J connectivity index is 2.89. The minimum Gasteiger partial charge on any atom is -0.515 e. The van der Waals surface area contributed by atoms with Crippen molar-refractivity contribution in [2.24, 2.45) is 0 Å². The fourth-order valence-corrected chi connectivity index (χ4v) is 1.60. The molecule has 19 heavy (non-hydrogen) atoms. The number of esters is 1. The summed E-state index contributed by atoms with van der Waals surface area (Å²) >= 11 is 0. The van der Waals surface area contributed by atoms with E-state index in [9.17, 15) is 4.79 Å². The van der Waals surface area contributed by atoms with Gasteiger partial charge in [0.2, 0.25) is 0 Å². The van der Waals surface area contributed by atoms with Gasteiger partial charge in [0.05, 0.1) is 32.7 Å². The van der Waals surface area contributed by atoms with E-state index in [0.29, 0.717) is 11.5 Å². The molecule has 0 fully saturated rings. The minimum absolute atomic E-state index is 0.189. The quantitative estimate of drug-likeness (QED) is 0.486. The van der Waals surface area contributed by atoms with Gasteiger partial charge < -0.3 is 19.3 Å². The number of hydrogen-bond donors (Lipinski definition) is 1. The van der Waals surface area contributed by atoms with Crippen molar-refractivity contribution in [3.63, 3.8) is 0 Å². The summed E-state index contributed by atoms with van der Waals surface area (Å²) < 4.78 is 15.2. The fraction of sp³-hybridized carbons (Fsp3) is 0.357. The van der Waals surface area contributed by atoms with Gasteiger partial charge in [-0.15, -0.1) is 0 Å². The molecule has 0 saturated heterocycles. The average Bonchev–Trinajstić information content (AvgIpc) is 2.44. The van der Waals surface area contributed by atoms with E-state index >= 15 is 0 Å². The second kappa shape index (κ2) is 7.31. The van der Waals surface area contributed by atoms with Gasteiger partial charge in [-0.2, -0.15) is 0 Å². The summed E-state index contributed by atoms with van der Waals surface area (Å²) in [6.45, 7) is 1.98. The Labute approximate surface area is 112 Å². The number of methoxy groups -OCH3 is 2. The van der Waals surface area contributed by atoms with Crippen molar-refractivity contribution in [3.8, 4) is 11.5 Å². The van der Waals surface area contributed by atoms with E-state index in [2.05, 4.69) is 0 Å². The topological polar surface area (TPSA) is 65.0 Å². The van der Waals surface area contributed by atoms with Crippen LogP contribution in [0.3, 0.4) is 0 Å². The van der Waals surface area contributed by atoms with E-state index in [0.717, 1.165) is 11.8 Å². The summed E-state index contributed by atoms with van der Waals surface area (Å²) in [6.07, 6.45) is 1.03. The lowest BCUT2D eigenvalue weighted by Crippen LogP contribution is -2.10. The number of benzene rings is 1. The first kappa shape index (κ1) is 14.9. The van der Waals surface area contributed by atoms with Crippen LogP contribution in [0.4, 0.5) is 0 Å². The first-order chi connectivity index (χ1) is 9.15. The second-order valence-corrected chi connectivity index (χ2v) is 3.74. The first-order valence-electron chi connectivity index (χ1n) is 5.87. The molecule has 5 heteroatoms. The van der Waals surface area contributed by atoms with Gasteiger partial charge in [0.1, 0.15) is 0 Å². The lowest BCUT2D eigenvalue weighted by atomic mass is 10.1. The summed E-state index contributed by atoms with van der Waals surface area (Å²) in [5.74, 6) is 0.651. The lowest BCUT2D eigenvalue weighted by Gasteiger charge is -2.10. The third-order valence-corrected chi connectivity index (χ3v) is 2.54. The Bertz CT molecular complexity index is 465. The van der Waals surface area contributed by atoms with Gasteiger partial charge in [-0.05, 0) is 24.6 Å². The number of aliphatic hydroxyl groups excluding tert-OH is 1. The lowest BCUT2D eigenvalue weighted by molar-refractivity contribution is -0.138. The normalized spacial score (nSPS) is 11.0. The average molecular weight is 266 g/mol. The van der Waals surface area contributed by atoms with Crippen molar-refractivity contribution in [2.75, 3.05) is 20.8 Å². The maximum Gasteiger partial charge on any atom is 0.337 e. The van der Waals surface area contributed by atoms with E-state index in [4.69, 9.17) is 19.3 Å². The number of hydrogen-bond acceptors (Lipinski definition) is 5. The number of carbonyl (C=O) groups is 1. The standard InChI is InChI=1S/C14H18O5/c1-4-19-14(16)11(9-15)7-10-5-6-12(17-2)13(8-10)18-3/h5-6,8-9,15H,4,7H2,1-3H3/b11-9+. The van der Waals surface area contributed by atoms with Gasteiger partial charge in [0, 0.05) is 6.42 Å². The van der Waals surface area contributed by atoms with Crippen molar-refractivity contribution >= 4 is 5.97 Å². The van der Waals surface area contributed by atoms with Crippen LogP contribution in [0.2, 0.25) is 0 Å². The molecule has 0 aliphatic carbocycles. The highest BCUT2D eigenvalue weighted by Crippen LogP contribution is 2.28. The SMILES string of the molecule is CCOC(=O)/C(=C/O)Cc1ccc(OC)c(OC)c1. The molecule has 0 amide bonds. The molecule has 0 radical (unpaired) electrons. The van der Waals surface area contributed by atoms with Crippen LogP contribution >= 0.6 is 0 Å². The Morgan fingerprint density at radius 3 is 2.47 bits per heavy atom. The van der Waals surface area contributed by atoms with Crippen LogP contribution in [0, 0.1) is 0 Å². The molecule has 1 N–H and O–H groups in total. The van der Waals surface area contributed by atoms with Gasteiger partial charge in [-0.25, -0.2) is 4.79 Å². The molecule has 0 aliphatic heterocycles.